The number of hydrogen-bond donors (Lipinski definition) is 2. The van der Waals surface area contributed by atoms with Crippen LogP contribution < -0.4 is 5.73 Å². The maximum atomic E-state index is 12.5. The van der Waals surface area contributed by atoms with Gasteiger partial charge in [-0.2, -0.15) is 0 Å². The molecule has 3 unspecified atom stereocenters. The van der Waals surface area contributed by atoms with E-state index in [2.05, 4.69) is 0 Å². The molecule has 2 rings (SSSR count). The van der Waals surface area contributed by atoms with Gasteiger partial charge in [0.1, 0.15) is 0 Å². The Morgan fingerprint density at radius 2 is 2.28 bits per heavy atom. The SMILES string of the molecule is CC1(C(=O)N2CCCC2CC(=O)O)COCC1N. The monoisotopic (exact) mass is 256 g/mol. The van der Waals surface area contributed by atoms with Gasteiger partial charge in [-0.05, 0) is 19.8 Å². The van der Waals surface area contributed by atoms with Crippen molar-refractivity contribution >= 4 is 11.9 Å². The third-order valence-electron chi connectivity index (χ3n) is 4.05. The van der Waals surface area contributed by atoms with Gasteiger partial charge in [0.15, 0.2) is 0 Å². The average Bonchev–Trinajstić information content (AvgIpc) is 2.86. The van der Waals surface area contributed by atoms with Crippen LogP contribution in [0.4, 0.5) is 0 Å². The van der Waals surface area contributed by atoms with Crippen LogP contribution in [0.25, 0.3) is 0 Å². The van der Waals surface area contributed by atoms with E-state index in [0.29, 0.717) is 19.8 Å². The number of rotatable bonds is 3. The third-order valence-corrected chi connectivity index (χ3v) is 4.05. The molecule has 0 radical (unpaired) electrons. The molecule has 3 N–H and O–H groups in total. The fourth-order valence-corrected chi connectivity index (χ4v) is 2.75. The number of aliphatic carboxylic acids is 1. The van der Waals surface area contributed by atoms with E-state index in [-0.39, 0.29) is 24.4 Å². The number of carboxylic acids is 1. The largest absolute Gasteiger partial charge is 0.481 e. The molecule has 6 heteroatoms. The summed E-state index contributed by atoms with van der Waals surface area (Å²) in [4.78, 5) is 25.0. The summed E-state index contributed by atoms with van der Waals surface area (Å²) in [6.45, 7) is 3.14. The average molecular weight is 256 g/mol. The summed E-state index contributed by atoms with van der Waals surface area (Å²) in [6, 6.07) is -0.504. The standard InChI is InChI=1S/C12H20N2O4/c1-12(7-18-6-9(12)13)11(17)14-4-2-3-8(14)5-10(15)16/h8-9H,2-7,13H2,1H3,(H,15,16). The molecule has 2 aliphatic rings. The highest BCUT2D eigenvalue weighted by molar-refractivity contribution is 5.84. The Morgan fingerprint density at radius 3 is 2.83 bits per heavy atom. The van der Waals surface area contributed by atoms with Crippen molar-refractivity contribution in [2.24, 2.45) is 11.1 Å². The van der Waals surface area contributed by atoms with Crippen LogP contribution in [0.15, 0.2) is 0 Å². The van der Waals surface area contributed by atoms with E-state index in [0.717, 1.165) is 12.8 Å². The van der Waals surface area contributed by atoms with E-state index < -0.39 is 11.4 Å². The Balaban J connectivity index is 2.10. The molecule has 102 valence electrons. The topological polar surface area (TPSA) is 92.9 Å². The highest BCUT2D eigenvalue weighted by atomic mass is 16.5. The third kappa shape index (κ3) is 2.22. The number of carboxylic acid groups (broad SMARTS) is 1. The summed E-state index contributed by atoms with van der Waals surface area (Å²) >= 11 is 0. The molecule has 0 aromatic carbocycles. The first kappa shape index (κ1) is 13.3. The Labute approximate surface area is 106 Å². The van der Waals surface area contributed by atoms with Gasteiger partial charge in [0.2, 0.25) is 5.91 Å². The molecule has 6 nitrogen and oxygen atoms in total. The first-order valence-electron chi connectivity index (χ1n) is 6.31. The first-order chi connectivity index (χ1) is 8.45. The molecule has 3 atom stereocenters. The molecule has 2 fully saturated rings. The van der Waals surface area contributed by atoms with Crippen molar-refractivity contribution in [3.63, 3.8) is 0 Å². The maximum Gasteiger partial charge on any atom is 0.305 e. The number of ether oxygens (including phenoxy) is 1. The molecule has 2 saturated heterocycles. The van der Waals surface area contributed by atoms with Crippen molar-refractivity contribution in [1.82, 2.24) is 4.90 Å². The lowest BCUT2D eigenvalue weighted by atomic mass is 9.84. The lowest BCUT2D eigenvalue weighted by Crippen LogP contribution is -2.53. The molecule has 0 saturated carbocycles. The summed E-state index contributed by atoms with van der Waals surface area (Å²) in [5.74, 6) is -0.923. The van der Waals surface area contributed by atoms with Crippen LogP contribution >= 0.6 is 0 Å². The van der Waals surface area contributed by atoms with Gasteiger partial charge in [-0.1, -0.05) is 0 Å². The van der Waals surface area contributed by atoms with Gasteiger partial charge in [0.05, 0.1) is 25.0 Å². The van der Waals surface area contributed by atoms with Crippen molar-refractivity contribution in [3.8, 4) is 0 Å². The van der Waals surface area contributed by atoms with Gasteiger partial charge in [0, 0.05) is 18.6 Å². The van der Waals surface area contributed by atoms with Gasteiger partial charge in [0.25, 0.3) is 0 Å². The van der Waals surface area contributed by atoms with E-state index in [4.69, 9.17) is 15.6 Å². The quantitative estimate of drug-likeness (QED) is 0.730. The lowest BCUT2D eigenvalue weighted by Gasteiger charge is -2.33. The van der Waals surface area contributed by atoms with Crippen molar-refractivity contribution in [2.75, 3.05) is 19.8 Å². The summed E-state index contributed by atoms with van der Waals surface area (Å²) < 4.78 is 5.28. The van der Waals surface area contributed by atoms with Gasteiger partial charge in [-0.15, -0.1) is 0 Å². The minimum Gasteiger partial charge on any atom is -0.481 e. The Bertz CT molecular complexity index is 360. The van der Waals surface area contributed by atoms with Crippen molar-refractivity contribution < 1.29 is 19.4 Å². The number of hydrogen-bond acceptors (Lipinski definition) is 4. The lowest BCUT2D eigenvalue weighted by molar-refractivity contribution is -0.145. The number of nitrogens with two attached hydrogens (primary N) is 1. The minimum atomic E-state index is -0.864. The fourth-order valence-electron chi connectivity index (χ4n) is 2.75. The highest BCUT2D eigenvalue weighted by Crippen LogP contribution is 2.33. The molecule has 0 aromatic heterocycles. The molecule has 0 spiro atoms. The number of carbonyl (C=O) groups is 2. The molecule has 2 heterocycles. The molecular formula is C12H20N2O4. The van der Waals surface area contributed by atoms with Gasteiger partial charge in [-0.3, -0.25) is 9.59 Å². The molecule has 0 bridgehead atoms. The highest BCUT2D eigenvalue weighted by Gasteiger charge is 2.48. The van der Waals surface area contributed by atoms with Crippen molar-refractivity contribution in [3.05, 3.63) is 0 Å². The molecule has 0 aliphatic carbocycles. The number of nitrogens with zero attached hydrogens (tertiary/aromatic N) is 1. The Hall–Kier alpha value is -1.14. The van der Waals surface area contributed by atoms with Crippen LogP contribution in [-0.2, 0) is 14.3 Å². The Kier molecular flexibility index (Phi) is 3.59. The van der Waals surface area contributed by atoms with Gasteiger partial charge < -0.3 is 20.5 Å². The van der Waals surface area contributed by atoms with Crippen molar-refractivity contribution in [2.45, 2.75) is 38.3 Å². The van der Waals surface area contributed by atoms with E-state index >= 15 is 0 Å². The first-order valence-corrected chi connectivity index (χ1v) is 6.31. The van der Waals surface area contributed by atoms with Crippen molar-refractivity contribution in [1.29, 1.82) is 0 Å². The van der Waals surface area contributed by atoms with Crippen LogP contribution in [0, 0.1) is 5.41 Å². The number of likely N-dealkylation sites (tertiary alicyclic amines) is 1. The zero-order chi connectivity index (χ0) is 13.3. The zero-order valence-electron chi connectivity index (χ0n) is 10.6. The molecule has 18 heavy (non-hydrogen) atoms. The van der Waals surface area contributed by atoms with Crippen LogP contribution in [-0.4, -0.2) is 53.7 Å². The molecule has 1 amide bonds. The minimum absolute atomic E-state index is 0.0118. The normalized spacial score (nSPS) is 36.0. The Morgan fingerprint density at radius 1 is 1.56 bits per heavy atom. The van der Waals surface area contributed by atoms with Gasteiger partial charge >= 0.3 is 5.97 Å². The van der Waals surface area contributed by atoms with Crippen LogP contribution in [0.5, 0.6) is 0 Å². The maximum absolute atomic E-state index is 12.5. The van der Waals surface area contributed by atoms with Gasteiger partial charge in [-0.25, -0.2) is 0 Å². The van der Waals surface area contributed by atoms with E-state index in [1.807, 2.05) is 6.92 Å². The van der Waals surface area contributed by atoms with Crippen LogP contribution in [0.3, 0.4) is 0 Å². The molecular weight excluding hydrogens is 236 g/mol. The van der Waals surface area contributed by atoms with Crippen LogP contribution in [0.1, 0.15) is 26.2 Å². The van der Waals surface area contributed by atoms with E-state index in [9.17, 15) is 9.59 Å². The predicted molar refractivity (Wildman–Crippen MR) is 63.9 cm³/mol. The fraction of sp³-hybridized carbons (Fsp3) is 0.833. The second kappa shape index (κ2) is 4.85. The second-order valence-corrected chi connectivity index (χ2v) is 5.43. The zero-order valence-corrected chi connectivity index (χ0v) is 10.6. The van der Waals surface area contributed by atoms with E-state index in [1.165, 1.54) is 0 Å². The molecule has 0 aromatic rings. The number of amides is 1. The van der Waals surface area contributed by atoms with Crippen LogP contribution in [0.2, 0.25) is 0 Å². The predicted octanol–water partition coefficient (Wildman–Crippen LogP) is -0.184. The number of carbonyl (C=O) groups excluding carboxylic acids is 1. The summed E-state index contributed by atoms with van der Waals surface area (Å²) in [5.41, 5.74) is 5.23. The smallest absolute Gasteiger partial charge is 0.305 e. The summed E-state index contributed by atoms with van der Waals surface area (Å²) in [6.07, 6.45) is 1.62. The molecule has 2 aliphatic heterocycles. The summed E-state index contributed by atoms with van der Waals surface area (Å²) in [7, 11) is 0. The van der Waals surface area contributed by atoms with E-state index in [1.54, 1.807) is 4.90 Å². The summed E-state index contributed by atoms with van der Waals surface area (Å²) in [5, 5.41) is 8.87. The second-order valence-electron chi connectivity index (χ2n) is 5.43.